The number of ether oxygens (including phenoxy) is 3. The molecule has 1 aliphatic heterocycles. The fraction of sp³-hybridized carbons (Fsp3) is 0.533. The summed E-state index contributed by atoms with van der Waals surface area (Å²) in [6.07, 6.45) is -0.232. The van der Waals surface area contributed by atoms with Crippen molar-refractivity contribution in [1.82, 2.24) is 4.90 Å². The van der Waals surface area contributed by atoms with Gasteiger partial charge in [-0.05, 0) is 19.1 Å². The van der Waals surface area contributed by atoms with Gasteiger partial charge in [0.05, 0.1) is 20.8 Å². The highest BCUT2D eigenvalue weighted by atomic mass is 16.6. The minimum Gasteiger partial charge on any atom is -0.493 e. The van der Waals surface area contributed by atoms with Crippen LogP contribution in [0.15, 0.2) is 18.2 Å². The number of anilines is 1. The topological polar surface area (TPSA) is 51.2 Å². The molecule has 2 rings (SSSR count). The standard InChI is InChI=1S/C15H22N2O4/c1-4-21-15(18)17-9-7-16(8-10-17)12-5-6-13(19-2)14(11-12)20-3/h5-6,11H,4,7-10H2,1-3H3. The van der Waals surface area contributed by atoms with Crippen LogP contribution in [0, 0.1) is 0 Å². The molecule has 1 heterocycles. The van der Waals surface area contributed by atoms with E-state index in [1.807, 2.05) is 25.1 Å². The van der Waals surface area contributed by atoms with Crippen molar-refractivity contribution in [3.8, 4) is 11.5 Å². The lowest BCUT2D eigenvalue weighted by Crippen LogP contribution is -2.49. The molecule has 0 atom stereocenters. The monoisotopic (exact) mass is 294 g/mol. The van der Waals surface area contributed by atoms with Crippen LogP contribution in [-0.4, -0.2) is 58.0 Å². The molecule has 6 heteroatoms. The fourth-order valence-electron chi connectivity index (χ4n) is 2.38. The second-order valence-corrected chi connectivity index (χ2v) is 4.71. The normalized spacial score (nSPS) is 14.8. The van der Waals surface area contributed by atoms with Gasteiger partial charge in [-0.1, -0.05) is 0 Å². The Kier molecular flexibility index (Phi) is 5.14. The predicted molar refractivity (Wildman–Crippen MR) is 80.4 cm³/mol. The highest BCUT2D eigenvalue weighted by Gasteiger charge is 2.22. The smallest absolute Gasteiger partial charge is 0.409 e. The number of benzene rings is 1. The van der Waals surface area contributed by atoms with E-state index in [-0.39, 0.29) is 6.09 Å². The van der Waals surface area contributed by atoms with Crippen molar-refractivity contribution in [2.45, 2.75) is 6.92 Å². The number of rotatable bonds is 4. The van der Waals surface area contributed by atoms with Gasteiger partial charge < -0.3 is 24.0 Å². The third-order valence-electron chi connectivity index (χ3n) is 3.54. The number of carbonyl (C=O) groups is 1. The number of piperazine rings is 1. The molecule has 0 aromatic heterocycles. The number of hydrogen-bond donors (Lipinski definition) is 0. The first kappa shape index (κ1) is 15.3. The van der Waals surface area contributed by atoms with Crippen molar-refractivity contribution in [3.05, 3.63) is 18.2 Å². The lowest BCUT2D eigenvalue weighted by molar-refractivity contribution is 0.105. The number of amides is 1. The number of hydrogen-bond acceptors (Lipinski definition) is 5. The number of methoxy groups -OCH3 is 2. The van der Waals surface area contributed by atoms with Gasteiger partial charge in [-0.2, -0.15) is 0 Å². The van der Waals surface area contributed by atoms with Crippen LogP contribution < -0.4 is 14.4 Å². The third-order valence-corrected chi connectivity index (χ3v) is 3.54. The van der Waals surface area contributed by atoms with Gasteiger partial charge in [0, 0.05) is 37.9 Å². The van der Waals surface area contributed by atoms with E-state index in [2.05, 4.69) is 4.90 Å². The Balaban J connectivity index is 2.00. The highest BCUT2D eigenvalue weighted by Crippen LogP contribution is 2.31. The molecule has 0 spiro atoms. The maximum atomic E-state index is 11.7. The largest absolute Gasteiger partial charge is 0.493 e. The van der Waals surface area contributed by atoms with Crippen LogP contribution in [0.1, 0.15) is 6.92 Å². The van der Waals surface area contributed by atoms with Crippen LogP contribution in [0.3, 0.4) is 0 Å². The van der Waals surface area contributed by atoms with Crippen molar-refractivity contribution < 1.29 is 19.0 Å². The van der Waals surface area contributed by atoms with E-state index in [0.29, 0.717) is 31.2 Å². The Bertz CT molecular complexity index is 485. The van der Waals surface area contributed by atoms with E-state index in [0.717, 1.165) is 18.8 Å². The molecule has 1 aromatic carbocycles. The molecule has 1 aliphatic rings. The van der Waals surface area contributed by atoms with Crippen LogP contribution in [0.4, 0.5) is 10.5 Å². The highest BCUT2D eigenvalue weighted by molar-refractivity contribution is 5.68. The zero-order valence-corrected chi connectivity index (χ0v) is 12.8. The molecule has 0 unspecified atom stereocenters. The summed E-state index contributed by atoms with van der Waals surface area (Å²) in [6, 6.07) is 5.85. The third kappa shape index (κ3) is 3.51. The minimum absolute atomic E-state index is 0.232. The molecule has 0 N–H and O–H groups in total. The Morgan fingerprint density at radius 1 is 1.10 bits per heavy atom. The second kappa shape index (κ2) is 7.06. The molecule has 0 radical (unpaired) electrons. The van der Waals surface area contributed by atoms with Crippen molar-refractivity contribution >= 4 is 11.8 Å². The van der Waals surface area contributed by atoms with E-state index >= 15 is 0 Å². The average molecular weight is 294 g/mol. The lowest BCUT2D eigenvalue weighted by Gasteiger charge is -2.35. The maximum Gasteiger partial charge on any atom is 0.409 e. The van der Waals surface area contributed by atoms with E-state index in [9.17, 15) is 4.79 Å². The molecule has 1 amide bonds. The molecular weight excluding hydrogens is 272 g/mol. The van der Waals surface area contributed by atoms with Gasteiger partial charge in [0.25, 0.3) is 0 Å². The van der Waals surface area contributed by atoms with Crippen LogP contribution in [-0.2, 0) is 4.74 Å². The number of carbonyl (C=O) groups excluding carboxylic acids is 1. The lowest BCUT2D eigenvalue weighted by atomic mass is 10.2. The Morgan fingerprint density at radius 3 is 2.33 bits per heavy atom. The molecule has 21 heavy (non-hydrogen) atoms. The quantitative estimate of drug-likeness (QED) is 0.850. The summed E-state index contributed by atoms with van der Waals surface area (Å²) < 4.78 is 15.6. The molecule has 116 valence electrons. The summed E-state index contributed by atoms with van der Waals surface area (Å²) in [6.45, 7) is 5.09. The average Bonchev–Trinajstić information content (AvgIpc) is 2.54. The van der Waals surface area contributed by atoms with Gasteiger partial charge in [-0.15, -0.1) is 0 Å². The van der Waals surface area contributed by atoms with Crippen LogP contribution in [0.5, 0.6) is 11.5 Å². The zero-order chi connectivity index (χ0) is 15.2. The van der Waals surface area contributed by atoms with E-state index < -0.39 is 0 Å². The van der Waals surface area contributed by atoms with Crippen LogP contribution in [0.2, 0.25) is 0 Å². The summed E-state index contributed by atoms with van der Waals surface area (Å²) in [7, 11) is 3.25. The molecule has 0 bridgehead atoms. The summed E-state index contributed by atoms with van der Waals surface area (Å²) in [5, 5.41) is 0. The van der Waals surface area contributed by atoms with Gasteiger partial charge in [-0.3, -0.25) is 0 Å². The summed E-state index contributed by atoms with van der Waals surface area (Å²) in [4.78, 5) is 15.6. The van der Waals surface area contributed by atoms with E-state index in [4.69, 9.17) is 14.2 Å². The molecular formula is C15H22N2O4. The van der Waals surface area contributed by atoms with Gasteiger partial charge in [0.15, 0.2) is 11.5 Å². The van der Waals surface area contributed by atoms with Crippen molar-refractivity contribution in [3.63, 3.8) is 0 Å². The first-order chi connectivity index (χ1) is 10.2. The molecule has 1 fully saturated rings. The summed E-state index contributed by atoms with van der Waals surface area (Å²) in [5.41, 5.74) is 1.07. The zero-order valence-electron chi connectivity index (χ0n) is 12.8. The molecule has 0 saturated carbocycles. The molecule has 1 saturated heterocycles. The first-order valence-corrected chi connectivity index (χ1v) is 7.08. The Morgan fingerprint density at radius 2 is 1.76 bits per heavy atom. The molecule has 0 aliphatic carbocycles. The van der Waals surface area contributed by atoms with E-state index in [1.165, 1.54) is 0 Å². The summed E-state index contributed by atoms with van der Waals surface area (Å²) >= 11 is 0. The van der Waals surface area contributed by atoms with Crippen molar-refractivity contribution in [2.24, 2.45) is 0 Å². The van der Waals surface area contributed by atoms with Gasteiger partial charge in [-0.25, -0.2) is 4.79 Å². The number of nitrogens with zero attached hydrogens (tertiary/aromatic N) is 2. The maximum absolute atomic E-state index is 11.7. The van der Waals surface area contributed by atoms with Gasteiger partial charge in [0.1, 0.15) is 0 Å². The Labute approximate surface area is 125 Å². The fourth-order valence-corrected chi connectivity index (χ4v) is 2.38. The van der Waals surface area contributed by atoms with Crippen LogP contribution >= 0.6 is 0 Å². The summed E-state index contributed by atoms with van der Waals surface area (Å²) in [5.74, 6) is 1.43. The van der Waals surface area contributed by atoms with Gasteiger partial charge in [0.2, 0.25) is 0 Å². The SMILES string of the molecule is CCOC(=O)N1CCN(c2ccc(OC)c(OC)c2)CC1. The minimum atomic E-state index is -0.232. The predicted octanol–water partition coefficient (Wildman–Crippen LogP) is 1.98. The Hall–Kier alpha value is -2.11. The van der Waals surface area contributed by atoms with Gasteiger partial charge >= 0.3 is 6.09 Å². The van der Waals surface area contributed by atoms with Crippen LogP contribution in [0.25, 0.3) is 0 Å². The first-order valence-electron chi connectivity index (χ1n) is 7.08. The van der Waals surface area contributed by atoms with Crippen molar-refractivity contribution in [2.75, 3.05) is 51.9 Å². The van der Waals surface area contributed by atoms with E-state index in [1.54, 1.807) is 19.1 Å². The molecule has 6 nitrogen and oxygen atoms in total. The molecule has 1 aromatic rings. The second-order valence-electron chi connectivity index (χ2n) is 4.71. The van der Waals surface area contributed by atoms with Crippen molar-refractivity contribution in [1.29, 1.82) is 0 Å².